The summed E-state index contributed by atoms with van der Waals surface area (Å²) in [5.41, 5.74) is 1.08. The zero-order chi connectivity index (χ0) is 11.4. The minimum absolute atomic E-state index is 0.107. The highest BCUT2D eigenvalue weighted by Gasteiger charge is 2.07. The van der Waals surface area contributed by atoms with Gasteiger partial charge in [-0.3, -0.25) is 4.79 Å². The van der Waals surface area contributed by atoms with Crippen LogP contribution in [0.3, 0.4) is 0 Å². The molecule has 0 atom stereocenters. The van der Waals surface area contributed by atoms with Crippen LogP contribution in [-0.4, -0.2) is 16.9 Å². The molecule has 1 aromatic rings. The fraction of sp³-hybridized carbons (Fsp3) is 0.636. The Morgan fingerprint density at radius 2 is 2.13 bits per heavy atom. The maximum atomic E-state index is 11.4. The summed E-state index contributed by atoms with van der Waals surface area (Å²) in [6, 6.07) is 0.220. The highest BCUT2D eigenvalue weighted by Crippen LogP contribution is 2.17. The van der Waals surface area contributed by atoms with E-state index in [4.69, 9.17) is 0 Å². The average molecular weight is 226 g/mol. The normalized spacial score (nSPS) is 10.7. The zero-order valence-electron chi connectivity index (χ0n) is 9.76. The summed E-state index contributed by atoms with van der Waals surface area (Å²) < 4.78 is 0. The summed E-state index contributed by atoms with van der Waals surface area (Å²) in [6.07, 6.45) is 1.28. The first-order valence-corrected chi connectivity index (χ1v) is 6.03. The van der Waals surface area contributed by atoms with Gasteiger partial charge in [-0.05, 0) is 27.7 Å². The van der Waals surface area contributed by atoms with E-state index in [1.54, 1.807) is 11.3 Å². The number of aryl methyl sites for hydroxylation is 3. The highest BCUT2D eigenvalue weighted by atomic mass is 32.1. The lowest BCUT2D eigenvalue weighted by Crippen LogP contribution is -2.30. The van der Waals surface area contributed by atoms with E-state index >= 15 is 0 Å². The van der Waals surface area contributed by atoms with Crippen LogP contribution in [0.4, 0.5) is 0 Å². The van der Waals surface area contributed by atoms with Crippen molar-refractivity contribution in [2.45, 2.75) is 46.6 Å². The molecule has 0 radical (unpaired) electrons. The Bertz CT molecular complexity index is 325. The summed E-state index contributed by atoms with van der Waals surface area (Å²) in [5.74, 6) is 0.107. The second-order valence-electron chi connectivity index (χ2n) is 3.97. The Hall–Kier alpha value is -0.900. The summed E-state index contributed by atoms with van der Waals surface area (Å²) >= 11 is 1.68. The van der Waals surface area contributed by atoms with E-state index in [1.165, 1.54) is 4.88 Å². The van der Waals surface area contributed by atoms with Gasteiger partial charge in [-0.2, -0.15) is 0 Å². The maximum Gasteiger partial charge on any atom is 0.220 e. The molecule has 3 nitrogen and oxygen atoms in total. The van der Waals surface area contributed by atoms with Crippen LogP contribution in [0.2, 0.25) is 0 Å². The Morgan fingerprint density at radius 1 is 1.47 bits per heavy atom. The molecule has 0 saturated heterocycles. The van der Waals surface area contributed by atoms with Gasteiger partial charge in [0.1, 0.15) is 0 Å². The minimum atomic E-state index is 0.107. The van der Waals surface area contributed by atoms with Gasteiger partial charge in [-0.25, -0.2) is 4.98 Å². The molecule has 1 aromatic heterocycles. The van der Waals surface area contributed by atoms with E-state index in [0.717, 1.165) is 17.1 Å². The van der Waals surface area contributed by atoms with Gasteiger partial charge in [-0.15, -0.1) is 11.3 Å². The third kappa shape index (κ3) is 4.00. The molecule has 1 heterocycles. The van der Waals surface area contributed by atoms with Crippen molar-refractivity contribution < 1.29 is 4.79 Å². The number of rotatable bonds is 4. The second kappa shape index (κ2) is 5.26. The Labute approximate surface area is 94.9 Å². The number of amides is 1. The van der Waals surface area contributed by atoms with Crippen LogP contribution in [0.15, 0.2) is 0 Å². The summed E-state index contributed by atoms with van der Waals surface area (Å²) in [5, 5.41) is 3.93. The van der Waals surface area contributed by atoms with E-state index in [1.807, 2.05) is 20.8 Å². The molecule has 84 valence electrons. The maximum absolute atomic E-state index is 11.4. The molecule has 0 aliphatic carbocycles. The van der Waals surface area contributed by atoms with Gasteiger partial charge < -0.3 is 5.32 Å². The van der Waals surface area contributed by atoms with Crippen molar-refractivity contribution in [1.82, 2.24) is 10.3 Å². The Balaban J connectivity index is 2.40. The molecule has 0 unspecified atom stereocenters. The molecule has 0 aromatic carbocycles. The molecule has 1 amide bonds. The van der Waals surface area contributed by atoms with Crippen molar-refractivity contribution in [2.75, 3.05) is 0 Å². The van der Waals surface area contributed by atoms with Crippen LogP contribution in [0.5, 0.6) is 0 Å². The number of carbonyl (C=O) groups is 1. The highest BCUT2D eigenvalue weighted by molar-refractivity contribution is 7.11. The number of hydrogen-bond donors (Lipinski definition) is 1. The van der Waals surface area contributed by atoms with Crippen LogP contribution in [0.1, 0.15) is 35.8 Å². The van der Waals surface area contributed by atoms with Crippen LogP contribution in [0.25, 0.3) is 0 Å². The molecule has 1 N–H and O–H groups in total. The number of hydrogen-bond acceptors (Lipinski definition) is 3. The topological polar surface area (TPSA) is 42.0 Å². The van der Waals surface area contributed by atoms with Crippen molar-refractivity contribution in [3.63, 3.8) is 0 Å². The lowest BCUT2D eigenvalue weighted by atomic mass is 10.3. The monoisotopic (exact) mass is 226 g/mol. The first kappa shape index (κ1) is 12.2. The molecule has 0 bridgehead atoms. The smallest absolute Gasteiger partial charge is 0.220 e. The van der Waals surface area contributed by atoms with Gasteiger partial charge in [0.25, 0.3) is 0 Å². The van der Waals surface area contributed by atoms with Gasteiger partial charge in [0.05, 0.1) is 10.7 Å². The largest absolute Gasteiger partial charge is 0.354 e. The van der Waals surface area contributed by atoms with Gasteiger partial charge >= 0.3 is 0 Å². The molecule has 0 aliphatic rings. The van der Waals surface area contributed by atoms with Crippen LogP contribution in [-0.2, 0) is 11.2 Å². The number of thiazole rings is 1. The van der Waals surface area contributed by atoms with E-state index < -0.39 is 0 Å². The average Bonchev–Trinajstić information content (AvgIpc) is 2.42. The fourth-order valence-corrected chi connectivity index (χ4v) is 2.19. The van der Waals surface area contributed by atoms with Gasteiger partial charge in [-0.1, -0.05) is 0 Å². The van der Waals surface area contributed by atoms with E-state index in [9.17, 15) is 4.79 Å². The second-order valence-corrected chi connectivity index (χ2v) is 5.26. The molecule has 0 fully saturated rings. The van der Waals surface area contributed by atoms with Crippen molar-refractivity contribution >= 4 is 17.2 Å². The van der Waals surface area contributed by atoms with Crippen molar-refractivity contribution in [1.29, 1.82) is 0 Å². The minimum Gasteiger partial charge on any atom is -0.354 e. The third-order valence-electron chi connectivity index (χ3n) is 2.09. The van der Waals surface area contributed by atoms with Crippen molar-refractivity contribution in [3.05, 3.63) is 15.6 Å². The fourth-order valence-electron chi connectivity index (χ4n) is 1.26. The first-order chi connectivity index (χ1) is 6.99. The molecule has 0 saturated carbocycles. The molecular formula is C11H18N2OS. The predicted molar refractivity (Wildman–Crippen MR) is 63.2 cm³/mol. The molecule has 0 spiro atoms. The lowest BCUT2D eigenvalue weighted by Gasteiger charge is -2.06. The number of nitrogens with one attached hydrogen (secondary N) is 1. The third-order valence-corrected chi connectivity index (χ3v) is 3.22. The van der Waals surface area contributed by atoms with Crippen LogP contribution < -0.4 is 5.32 Å². The Kier molecular flexibility index (Phi) is 4.27. The van der Waals surface area contributed by atoms with E-state index in [2.05, 4.69) is 17.2 Å². The summed E-state index contributed by atoms with van der Waals surface area (Å²) in [7, 11) is 0. The van der Waals surface area contributed by atoms with Gasteiger partial charge in [0, 0.05) is 23.8 Å². The summed E-state index contributed by atoms with van der Waals surface area (Å²) in [4.78, 5) is 17.0. The predicted octanol–water partition coefficient (Wildman–Crippen LogP) is 2.22. The molecule has 1 rings (SSSR count). The van der Waals surface area contributed by atoms with Crippen molar-refractivity contribution in [3.8, 4) is 0 Å². The van der Waals surface area contributed by atoms with Crippen LogP contribution >= 0.6 is 11.3 Å². The Morgan fingerprint density at radius 3 is 2.60 bits per heavy atom. The quantitative estimate of drug-likeness (QED) is 0.855. The van der Waals surface area contributed by atoms with E-state index in [-0.39, 0.29) is 11.9 Å². The first-order valence-electron chi connectivity index (χ1n) is 5.21. The lowest BCUT2D eigenvalue weighted by molar-refractivity contribution is -0.121. The molecule has 0 aliphatic heterocycles. The number of carbonyl (C=O) groups excluding carboxylic acids is 1. The molecule has 15 heavy (non-hydrogen) atoms. The van der Waals surface area contributed by atoms with Gasteiger partial charge in [0.2, 0.25) is 5.91 Å². The zero-order valence-corrected chi connectivity index (χ0v) is 10.6. The SMILES string of the molecule is Cc1nc(CCC(=O)NC(C)C)sc1C. The van der Waals surface area contributed by atoms with Gasteiger partial charge in [0.15, 0.2) is 0 Å². The molecular weight excluding hydrogens is 208 g/mol. The summed E-state index contributed by atoms with van der Waals surface area (Å²) in [6.45, 7) is 8.00. The number of nitrogens with zero attached hydrogens (tertiary/aromatic N) is 1. The number of aromatic nitrogens is 1. The molecule has 4 heteroatoms. The van der Waals surface area contributed by atoms with Crippen LogP contribution in [0, 0.1) is 13.8 Å². The van der Waals surface area contributed by atoms with E-state index in [0.29, 0.717) is 6.42 Å². The standard InChI is InChI=1S/C11H18N2OS/c1-7(2)12-10(14)5-6-11-13-8(3)9(4)15-11/h7H,5-6H2,1-4H3,(H,12,14). The van der Waals surface area contributed by atoms with Crippen molar-refractivity contribution in [2.24, 2.45) is 0 Å².